The second-order valence-corrected chi connectivity index (χ2v) is 3.85. The molecule has 0 aliphatic carbocycles. The van der Waals surface area contributed by atoms with Crippen LogP contribution in [0.15, 0.2) is 18.3 Å². The van der Waals surface area contributed by atoms with Crippen LogP contribution < -0.4 is 0 Å². The first-order valence-electron chi connectivity index (χ1n) is 5.16. The maximum atomic E-state index is 9.79. The molecule has 1 aliphatic rings. The van der Waals surface area contributed by atoms with E-state index < -0.39 is 24.4 Å². The Labute approximate surface area is 97.7 Å². The number of nitriles is 1. The standard InChI is InChI=1S/C11H12N2O4/c12-4-7-3-6(1-2-13-7)11-10(16)9(15)8(5-14)17-11/h1-3,8-11,14-16H,5H2/t8-,9-,10-,11+/m1/s1. The summed E-state index contributed by atoms with van der Waals surface area (Å²) in [6.45, 7) is -0.370. The van der Waals surface area contributed by atoms with Crippen molar-refractivity contribution in [1.82, 2.24) is 4.98 Å². The van der Waals surface area contributed by atoms with Crippen LogP contribution >= 0.6 is 0 Å². The Hall–Kier alpha value is -1.52. The van der Waals surface area contributed by atoms with Gasteiger partial charge >= 0.3 is 0 Å². The minimum atomic E-state index is -1.14. The zero-order valence-electron chi connectivity index (χ0n) is 8.89. The van der Waals surface area contributed by atoms with Crippen molar-refractivity contribution in [2.75, 3.05) is 6.61 Å². The summed E-state index contributed by atoms with van der Waals surface area (Å²) in [5.41, 5.74) is 0.763. The van der Waals surface area contributed by atoms with Gasteiger partial charge in [0.25, 0.3) is 0 Å². The quantitative estimate of drug-likeness (QED) is 0.614. The number of rotatable bonds is 2. The topological polar surface area (TPSA) is 107 Å². The van der Waals surface area contributed by atoms with Crippen molar-refractivity contribution < 1.29 is 20.1 Å². The molecular formula is C11H12N2O4. The predicted molar refractivity (Wildman–Crippen MR) is 55.7 cm³/mol. The molecule has 2 heterocycles. The fourth-order valence-electron chi connectivity index (χ4n) is 1.86. The number of aromatic nitrogens is 1. The highest BCUT2D eigenvalue weighted by Crippen LogP contribution is 2.33. The van der Waals surface area contributed by atoms with Gasteiger partial charge in [0.1, 0.15) is 36.2 Å². The summed E-state index contributed by atoms with van der Waals surface area (Å²) < 4.78 is 5.33. The Morgan fingerprint density at radius 3 is 2.76 bits per heavy atom. The van der Waals surface area contributed by atoms with Crippen LogP contribution in [-0.4, -0.2) is 45.2 Å². The molecule has 4 atom stereocenters. The van der Waals surface area contributed by atoms with Crippen LogP contribution in [0.4, 0.5) is 0 Å². The Kier molecular flexibility index (Phi) is 3.36. The number of aliphatic hydroxyl groups excluding tert-OH is 3. The highest BCUT2D eigenvalue weighted by Gasteiger charge is 2.42. The maximum absolute atomic E-state index is 9.79. The Morgan fingerprint density at radius 1 is 1.41 bits per heavy atom. The van der Waals surface area contributed by atoms with Gasteiger partial charge in [-0.15, -0.1) is 0 Å². The first kappa shape index (κ1) is 12.0. The molecule has 1 fully saturated rings. The number of ether oxygens (including phenoxy) is 1. The smallest absolute Gasteiger partial charge is 0.140 e. The van der Waals surface area contributed by atoms with E-state index in [0.717, 1.165) is 0 Å². The Morgan fingerprint density at radius 2 is 2.18 bits per heavy atom. The van der Waals surface area contributed by atoms with E-state index in [4.69, 9.17) is 15.1 Å². The van der Waals surface area contributed by atoms with E-state index in [-0.39, 0.29) is 12.3 Å². The van der Waals surface area contributed by atoms with Gasteiger partial charge in [0, 0.05) is 6.20 Å². The number of nitrogens with zero attached hydrogens (tertiary/aromatic N) is 2. The number of pyridine rings is 1. The third kappa shape index (κ3) is 2.14. The molecule has 17 heavy (non-hydrogen) atoms. The lowest BCUT2D eigenvalue weighted by molar-refractivity contribution is -0.0227. The minimum Gasteiger partial charge on any atom is -0.394 e. The molecule has 1 aliphatic heterocycles. The molecule has 6 heteroatoms. The van der Waals surface area contributed by atoms with E-state index in [9.17, 15) is 10.2 Å². The van der Waals surface area contributed by atoms with Crippen molar-refractivity contribution in [2.24, 2.45) is 0 Å². The number of hydrogen-bond acceptors (Lipinski definition) is 6. The zero-order valence-corrected chi connectivity index (χ0v) is 8.89. The largest absolute Gasteiger partial charge is 0.394 e. The van der Waals surface area contributed by atoms with Crippen molar-refractivity contribution in [3.05, 3.63) is 29.6 Å². The van der Waals surface area contributed by atoms with Crippen LogP contribution in [0, 0.1) is 11.3 Å². The molecule has 0 radical (unpaired) electrons. The molecule has 1 aromatic heterocycles. The van der Waals surface area contributed by atoms with Gasteiger partial charge in [-0.25, -0.2) is 4.98 Å². The summed E-state index contributed by atoms with van der Waals surface area (Å²) in [7, 11) is 0. The molecule has 6 nitrogen and oxygen atoms in total. The van der Waals surface area contributed by atoms with E-state index in [1.165, 1.54) is 12.3 Å². The second-order valence-electron chi connectivity index (χ2n) is 3.85. The first-order valence-corrected chi connectivity index (χ1v) is 5.16. The van der Waals surface area contributed by atoms with Crippen LogP contribution in [-0.2, 0) is 4.74 Å². The third-order valence-corrected chi connectivity index (χ3v) is 2.77. The van der Waals surface area contributed by atoms with Crippen molar-refractivity contribution in [3.8, 4) is 6.07 Å². The summed E-state index contributed by atoms with van der Waals surface area (Å²) in [6, 6.07) is 4.97. The summed E-state index contributed by atoms with van der Waals surface area (Å²) in [4.78, 5) is 3.80. The van der Waals surface area contributed by atoms with Crippen LogP contribution in [0.3, 0.4) is 0 Å². The highest BCUT2D eigenvalue weighted by atomic mass is 16.6. The van der Waals surface area contributed by atoms with E-state index in [1.54, 1.807) is 6.07 Å². The second kappa shape index (κ2) is 4.77. The number of hydrogen-bond donors (Lipinski definition) is 3. The molecule has 0 saturated carbocycles. The molecule has 90 valence electrons. The first-order chi connectivity index (χ1) is 8.17. The molecule has 3 N–H and O–H groups in total. The van der Waals surface area contributed by atoms with Crippen LogP contribution in [0.5, 0.6) is 0 Å². The zero-order chi connectivity index (χ0) is 12.4. The maximum Gasteiger partial charge on any atom is 0.140 e. The lowest BCUT2D eigenvalue weighted by Gasteiger charge is -2.14. The molecule has 0 bridgehead atoms. The summed E-state index contributed by atoms with van der Waals surface area (Å²) in [5, 5.41) is 37.1. The molecule has 0 unspecified atom stereocenters. The van der Waals surface area contributed by atoms with Gasteiger partial charge in [-0.1, -0.05) is 0 Å². The van der Waals surface area contributed by atoms with E-state index in [0.29, 0.717) is 5.56 Å². The van der Waals surface area contributed by atoms with Crippen LogP contribution in [0.2, 0.25) is 0 Å². The third-order valence-electron chi connectivity index (χ3n) is 2.77. The molecular weight excluding hydrogens is 224 g/mol. The Balaban J connectivity index is 2.26. The molecule has 1 saturated heterocycles. The SMILES string of the molecule is N#Cc1cc([C@@H]2O[C@H](CO)[C@@H](O)[C@H]2O)ccn1. The lowest BCUT2D eigenvalue weighted by atomic mass is 10.0. The average Bonchev–Trinajstić information content (AvgIpc) is 2.66. The monoisotopic (exact) mass is 236 g/mol. The van der Waals surface area contributed by atoms with E-state index in [2.05, 4.69) is 4.98 Å². The van der Waals surface area contributed by atoms with Crippen LogP contribution in [0.1, 0.15) is 17.4 Å². The average molecular weight is 236 g/mol. The molecule has 1 aromatic rings. The highest BCUT2D eigenvalue weighted by molar-refractivity contribution is 5.28. The molecule has 0 aromatic carbocycles. The molecule has 0 spiro atoms. The van der Waals surface area contributed by atoms with Gasteiger partial charge in [0.15, 0.2) is 0 Å². The van der Waals surface area contributed by atoms with Gasteiger partial charge in [-0.2, -0.15) is 5.26 Å². The predicted octanol–water partition coefficient (Wildman–Crippen LogP) is -0.893. The normalized spacial score (nSPS) is 32.4. The number of aliphatic hydroxyl groups is 3. The van der Waals surface area contributed by atoms with E-state index in [1.807, 2.05) is 6.07 Å². The van der Waals surface area contributed by atoms with Gasteiger partial charge in [0.2, 0.25) is 0 Å². The van der Waals surface area contributed by atoms with Gasteiger partial charge in [0.05, 0.1) is 6.61 Å². The van der Waals surface area contributed by atoms with Crippen molar-refractivity contribution in [3.63, 3.8) is 0 Å². The lowest BCUT2D eigenvalue weighted by Crippen LogP contribution is -2.32. The fourth-order valence-corrected chi connectivity index (χ4v) is 1.86. The van der Waals surface area contributed by atoms with Crippen molar-refractivity contribution in [1.29, 1.82) is 5.26 Å². The minimum absolute atomic E-state index is 0.209. The molecule has 0 amide bonds. The van der Waals surface area contributed by atoms with Crippen molar-refractivity contribution in [2.45, 2.75) is 24.4 Å². The summed E-state index contributed by atoms with van der Waals surface area (Å²) >= 11 is 0. The summed E-state index contributed by atoms with van der Waals surface area (Å²) in [5.74, 6) is 0. The van der Waals surface area contributed by atoms with Gasteiger partial charge in [-0.3, -0.25) is 0 Å². The Bertz CT molecular complexity index is 445. The van der Waals surface area contributed by atoms with Crippen molar-refractivity contribution >= 4 is 0 Å². The van der Waals surface area contributed by atoms with Crippen LogP contribution in [0.25, 0.3) is 0 Å². The fraction of sp³-hybridized carbons (Fsp3) is 0.455. The van der Waals surface area contributed by atoms with E-state index >= 15 is 0 Å². The molecule has 2 rings (SSSR count). The van der Waals surface area contributed by atoms with Gasteiger partial charge < -0.3 is 20.1 Å². The van der Waals surface area contributed by atoms with Gasteiger partial charge in [-0.05, 0) is 17.7 Å². The summed E-state index contributed by atoms with van der Waals surface area (Å²) in [6.07, 6.45) is -2.39.